The van der Waals surface area contributed by atoms with Gasteiger partial charge in [-0.3, -0.25) is 0 Å². The Hall–Kier alpha value is -3.26. The molecule has 0 aliphatic rings. The quantitative estimate of drug-likeness (QED) is 0.396. The van der Waals surface area contributed by atoms with Gasteiger partial charge in [0.2, 0.25) is 0 Å². The van der Waals surface area contributed by atoms with E-state index in [2.05, 4.69) is 26.0 Å². The van der Waals surface area contributed by atoms with Crippen LogP contribution in [0.3, 0.4) is 0 Å². The van der Waals surface area contributed by atoms with Gasteiger partial charge in [0.05, 0.1) is 0 Å². The minimum atomic E-state index is 0.814. The summed E-state index contributed by atoms with van der Waals surface area (Å²) < 4.78 is 11.9. The minimum absolute atomic E-state index is 0.814. The molecule has 0 fully saturated rings. The molecule has 0 saturated carbocycles. The maximum absolute atomic E-state index is 5.97. The molecule has 2 nitrogen and oxygen atoms in total. The van der Waals surface area contributed by atoms with Crippen LogP contribution in [-0.4, -0.2) is 0 Å². The lowest BCUT2D eigenvalue weighted by molar-refractivity contribution is 0.481. The number of hydrogen-bond donors (Lipinski definition) is 0. The molecule has 0 atom stereocenters. The van der Waals surface area contributed by atoms with Crippen LogP contribution >= 0.6 is 0 Å². The second kappa shape index (κ2) is 6.93. The summed E-state index contributed by atoms with van der Waals surface area (Å²) in [6.45, 7) is 4.13. The second-order valence-electron chi connectivity index (χ2n) is 6.50. The summed E-state index contributed by atoms with van der Waals surface area (Å²) in [5.41, 5.74) is 2.43. The second-order valence-corrected chi connectivity index (χ2v) is 6.50. The molecule has 0 saturated heterocycles. The molecular weight excluding hydrogens is 320 g/mol. The minimum Gasteiger partial charge on any atom is -0.457 e. The number of benzene rings is 4. The van der Waals surface area contributed by atoms with Gasteiger partial charge in [-0.15, -0.1) is 0 Å². The maximum Gasteiger partial charge on any atom is 0.128 e. The number of ether oxygens (including phenoxy) is 2. The predicted octanol–water partition coefficient (Wildman–Crippen LogP) is 7.04. The molecule has 128 valence electrons. The van der Waals surface area contributed by atoms with E-state index in [9.17, 15) is 0 Å². The Morgan fingerprint density at radius 2 is 0.808 bits per heavy atom. The van der Waals surface area contributed by atoms with Gasteiger partial charge in [-0.05, 0) is 73.2 Å². The highest BCUT2D eigenvalue weighted by molar-refractivity contribution is 5.85. The van der Waals surface area contributed by atoms with Crippen molar-refractivity contribution < 1.29 is 9.47 Å². The predicted molar refractivity (Wildman–Crippen MR) is 106 cm³/mol. The van der Waals surface area contributed by atoms with Gasteiger partial charge in [-0.25, -0.2) is 0 Å². The molecule has 2 heteroatoms. The number of rotatable bonds is 4. The number of fused-ring (bicyclic) bond motifs is 1. The van der Waals surface area contributed by atoms with Crippen molar-refractivity contribution in [1.82, 2.24) is 0 Å². The highest BCUT2D eigenvalue weighted by atomic mass is 16.5. The van der Waals surface area contributed by atoms with Crippen LogP contribution in [0.5, 0.6) is 23.0 Å². The molecule has 0 amide bonds. The summed E-state index contributed by atoms with van der Waals surface area (Å²) in [6.07, 6.45) is 0. The van der Waals surface area contributed by atoms with Crippen LogP contribution in [-0.2, 0) is 0 Å². The molecule has 0 heterocycles. The summed E-state index contributed by atoms with van der Waals surface area (Å²) in [5.74, 6) is 3.30. The van der Waals surface area contributed by atoms with Crippen molar-refractivity contribution >= 4 is 10.8 Å². The molecular formula is C24H20O2. The van der Waals surface area contributed by atoms with Crippen molar-refractivity contribution in [3.8, 4) is 23.0 Å². The van der Waals surface area contributed by atoms with Gasteiger partial charge in [0.25, 0.3) is 0 Å². The fourth-order valence-electron chi connectivity index (χ4n) is 2.81. The van der Waals surface area contributed by atoms with Crippen molar-refractivity contribution in [1.29, 1.82) is 0 Å². The van der Waals surface area contributed by atoms with Crippen LogP contribution in [0.25, 0.3) is 10.8 Å². The molecule has 0 N–H and O–H groups in total. The van der Waals surface area contributed by atoms with Gasteiger partial charge < -0.3 is 9.47 Å². The van der Waals surface area contributed by atoms with Gasteiger partial charge in [-0.2, -0.15) is 0 Å². The molecule has 4 rings (SSSR count). The number of hydrogen-bond acceptors (Lipinski definition) is 2. The van der Waals surface area contributed by atoms with Crippen molar-refractivity contribution in [2.24, 2.45) is 0 Å². The molecule has 4 aromatic carbocycles. The van der Waals surface area contributed by atoms with Crippen LogP contribution in [0.4, 0.5) is 0 Å². The fourth-order valence-corrected chi connectivity index (χ4v) is 2.81. The smallest absolute Gasteiger partial charge is 0.128 e. The molecule has 0 aliphatic carbocycles. The normalized spacial score (nSPS) is 10.7. The van der Waals surface area contributed by atoms with E-state index in [0.29, 0.717) is 0 Å². The van der Waals surface area contributed by atoms with Crippen molar-refractivity contribution in [3.63, 3.8) is 0 Å². The van der Waals surface area contributed by atoms with E-state index in [-0.39, 0.29) is 0 Å². The lowest BCUT2D eigenvalue weighted by Gasteiger charge is -2.09. The Bertz CT molecular complexity index is 950. The zero-order chi connectivity index (χ0) is 17.9. The maximum atomic E-state index is 5.97. The number of aryl methyl sites for hydroxylation is 2. The van der Waals surface area contributed by atoms with E-state index in [1.165, 1.54) is 11.1 Å². The third kappa shape index (κ3) is 3.70. The molecule has 4 aromatic rings. The standard InChI is InChI=1S/C24H20O2/c1-17-3-9-21(10-4-17)25-23-13-7-19-8-14-24(16-20(19)15-23)26-22-11-5-18(2)6-12-22/h3-16H,1-2H3. The van der Waals surface area contributed by atoms with Crippen LogP contribution in [0.2, 0.25) is 0 Å². The van der Waals surface area contributed by atoms with Crippen molar-refractivity contribution in [2.75, 3.05) is 0 Å². The fraction of sp³-hybridized carbons (Fsp3) is 0.0833. The first-order chi connectivity index (χ1) is 12.7. The van der Waals surface area contributed by atoms with E-state index < -0.39 is 0 Å². The van der Waals surface area contributed by atoms with E-state index in [1.807, 2.05) is 72.8 Å². The van der Waals surface area contributed by atoms with Crippen LogP contribution in [0.1, 0.15) is 11.1 Å². The Kier molecular flexibility index (Phi) is 4.32. The molecule has 0 aliphatic heterocycles. The van der Waals surface area contributed by atoms with Gasteiger partial charge >= 0.3 is 0 Å². The van der Waals surface area contributed by atoms with Gasteiger partial charge in [0, 0.05) is 0 Å². The zero-order valence-corrected chi connectivity index (χ0v) is 14.9. The monoisotopic (exact) mass is 340 g/mol. The van der Waals surface area contributed by atoms with Crippen LogP contribution < -0.4 is 9.47 Å². The summed E-state index contributed by atoms with van der Waals surface area (Å²) >= 11 is 0. The Balaban J connectivity index is 1.59. The molecule has 0 bridgehead atoms. The largest absolute Gasteiger partial charge is 0.457 e. The first-order valence-electron chi connectivity index (χ1n) is 8.69. The lowest BCUT2D eigenvalue weighted by atomic mass is 10.1. The third-order valence-corrected chi connectivity index (χ3v) is 4.30. The average Bonchev–Trinajstić information content (AvgIpc) is 2.65. The Morgan fingerprint density at radius 1 is 0.423 bits per heavy atom. The molecule has 0 unspecified atom stereocenters. The summed E-state index contributed by atoms with van der Waals surface area (Å²) in [5, 5.41) is 2.23. The van der Waals surface area contributed by atoms with E-state index in [4.69, 9.17) is 9.47 Å². The third-order valence-electron chi connectivity index (χ3n) is 4.30. The molecule has 0 aromatic heterocycles. The summed E-state index contributed by atoms with van der Waals surface area (Å²) in [6, 6.07) is 28.3. The van der Waals surface area contributed by atoms with Gasteiger partial charge in [0.15, 0.2) is 0 Å². The molecule has 26 heavy (non-hydrogen) atoms. The highest BCUT2D eigenvalue weighted by Gasteiger charge is 2.03. The Morgan fingerprint density at radius 3 is 1.23 bits per heavy atom. The van der Waals surface area contributed by atoms with Crippen LogP contribution in [0.15, 0.2) is 84.9 Å². The summed E-state index contributed by atoms with van der Waals surface area (Å²) in [7, 11) is 0. The van der Waals surface area contributed by atoms with Crippen molar-refractivity contribution in [2.45, 2.75) is 13.8 Å². The van der Waals surface area contributed by atoms with Gasteiger partial charge in [-0.1, -0.05) is 47.5 Å². The first kappa shape index (κ1) is 16.2. The zero-order valence-electron chi connectivity index (χ0n) is 14.9. The van der Waals surface area contributed by atoms with E-state index in [1.54, 1.807) is 0 Å². The van der Waals surface area contributed by atoms with Crippen LogP contribution in [0, 0.1) is 13.8 Å². The van der Waals surface area contributed by atoms with E-state index in [0.717, 1.165) is 33.8 Å². The van der Waals surface area contributed by atoms with Gasteiger partial charge in [0.1, 0.15) is 23.0 Å². The topological polar surface area (TPSA) is 18.5 Å². The Labute approximate surface area is 153 Å². The summed E-state index contributed by atoms with van der Waals surface area (Å²) in [4.78, 5) is 0. The SMILES string of the molecule is Cc1ccc(Oc2ccc3ccc(Oc4ccc(C)cc4)cc3c2)cc1. The van der Waals surface area contributed by atoms with Crippen molar-refractivity contribution in [3.05, 3.63) is 96.1 Å². The molecule has 0 spiro atoms. The van der Waals surface area contributed by atoms with E-state index >= 15 is 0 Å². The first-order valence-corrected chi connectivity index (χ1v) is 8.69. The average molecular weight is 340 g/mol. The highest BCUT2D eigenvalue weighted by Crippen LogP contribution is 2.30. The lowest BCUT2D eigenvalue weighted by Crippen LogP contribution is -1.86. The molecule has 0 radical (unpaired) electrons.